The van der Waals surface area contributed by atoms with E-state index in [1.54, 1.807) is 12.4 Å². The number of aromatic nitrogens is 3. The summed E-state index contributed by atoms with van der Waals surface area (Å²) >= 11 is 0. The number of pyridine rings is 1. The molecule has 11 heavy (non-hydrogen) atoms. The summed E-state index contributed by atoms with van der Waals surface area (Å²) in [4.78, 5) is 3.93. The molecular weight excluding hydrogens is 138 g/mol. The lowest BCUT2D eigenvalue weighted by molar-refractivity contribution is -0.655. The number of aromatic amines is 1. The summed E-state index contributed by atoms with van der Waals surface area (Å²) in [6.45, 7) is 0. The first-order valence-electron chi connectivity index (χ1n) is 3.42. The predicted octanol–water partition coefficient (Wildman–Crippen LogP) is 0.686. The van der Waals surface area contributed by atoms with Gasteiger partial charge in [0, 0.05) is 30.6 Å². The molecule has 0 unspecified atom stereocenters. The van der Waals surface area contributed by atoms with E-state index in [0.29, 0.717) is 0 Å². The Balaban J connectivity index is 2.46. The lowest BCUT2D eigenvalue weighted by atomic mass is 10.4. The Morgan fingerprint density at radius 3 is 2.73 bits per heavy atom. The maximum Gasteiger partial charge on any atom is 0.238 e. The molecule has 0 aliphatic heterocycles. The van der Waals surface area contributed by atoms with Crippen LogP contribution in [-0.4, -0.2) is 10.1 Å². The van der Waals surface area contributed by atoms with Crippen molar-refractivity contribution >= 4 is 0 Å². The van der Waals surface area contributed by atoms with E-state index in [-0.39, 0.29) is 0 Å². The van der Waals surface area contributed by atoms with Gasteiger partial charge in [-0.15, -0.1) is 0 Å². The van der Waals surface area contributed by atoms with Crippen LogP contribution in [0.4, 0.5) is 0 Å². The summed E-state index contributed by atoms with van der Waals surface area (Å²) in [6, 6.07) is 5.83. The second-order valence-electron chi connectivity index (χ2n) is 2.21. The van der Waals surface area contributed by atoms with Crippen molar-refractivity contribution in [2.75, 3.05) is 0 Å². The van der Waals surface area contributed by atoms with Crippen LogP contribution in [0, 0.1) is 0 Å². The van der Waals surface area contributed by atoms with Gasteiger partial charge in [0.25, 0.3) is 0 Å². The second-order valence-corrected chi connectivity index (χ2v) is 2.21. The zero-order chi connectivity index (χ0) is 7.52. The number of rotatable bonds is 1. The number of nitrogens with one attached hydrogen (secondary N) is 1. The van der Waals surface area contributed by atoms with Crippen molar-refractivity contribution in [3.63, 3.8) is 0 Å². The Labute approximate surface area is 64.3 Å². The lowest BCUT2D eigenvalue weighted by Crippen LogP contribution is -2.30. The van der Waals surface area contributed by atoms with Crippen LogP contribution in [0.5, 0.6) is 0 Å². The van der Waals surface area contributed by atoms with E-state index in [1.807, 2.05) is 35.3 Å². The van der Waals surface area contributed by atoms with Gasteiger partial charge in [-0.2, -0.15) is 5.10 Å². The molecule has 2 aromatic rings. The average molecular weight is 146 g/mol. The van der Waals surface area contributed by atoms with Gasteiger partial charge in [-0.1, -0.05) is 4.68 Å². The van der Waals surface area contributed by atoms with Gasteiger partial charge in [0.15, 0.2) is 0 Å². The average Bonchev–Trinajstić information content (AvgIpc) is 2.58. The van der Waals surface area contributed by atoms with E-state index in [2.05, 4.69) is 10.1 Å². The summed E-state index contributed by atoms with van der Waals surface area (Å²) in [6.07, 6.45) is 7.36. The summed E-state index contributed by atoms with van der Waals surface area (Å²) in [7, 11) is 0. The van der Waals surface area contributed by atoms with Crippen molar-refractivity contribution in [2.45, 2.75) is 0 Å². The van der Waals surface area contributed by atoms with E-state index in [0.717, 1.165) is 5.69 Å². The Hall–Kier alpha value is -1.64. The third-order valence-corrected chi connectivity index (χ3v) is 1.49. The monoisotopic (exact) mass is 146 g/mol. The van der Waals surface area contributed by atoms with Crippen molar-refractivity contribution in [3.8, 4) is 5.69 Å². The van der Waals surface area contributed by atoms with Crippen molar-refractivity contribution in [1.29, 1.82) is 0 Å². The first-order valence-corrected chi connectivity index (χ1v) is 3.42. The zero-order valence-corrected chi connectivity index (χ0v) is 5.94. The molecule has 2 aromatic heterocycles. The van der Waals surface area contributed by atoms with Crippen molar-refractivity contribution in [2.24, 2.45) is 0 Å². The highest BCUT2D eigenvalue weighted by Crippen LogP contribution is 1.92. The highest BCUT2D eigenvalue weighted by molar-refractivity contribution is 5.16. The third kappa shape index (κ3) is 1.12. The minimum Gasteiger partial charge on any atom is -0.264 e. The van der Waals surface area contributed by atoms with Crippen LogP contribution in [0.2, 0.25) is 0 Å². The zero-order valence-electron chi connectivity index (χ0n) is 5.94. The Morgan fingerprint density at radius 1 is 1.27 bits per heavy atom. The quantitative estimate of drug-likeness (QED) is 0.590. The van der Waals surface area contributed by atoms with Crippen molar-refractivity contribution < 1.29 is 4.68 Å². The lowest BCUT2D eigenvalue weighted by Gasteiger charge is -1.86. The SMILES string of the molecule is c1c[nH][n+](-c2ccncc2)c1. The van der Waals surface area contributed by atoms with Gasteiger partial charge < -0.3 is 0 Å². The first-order chi connectivity index (χ1) is 5.47. The molecule has 0 atom stereocenters. The van der Waals surface area contributed by atoms with Crippen LogP contribution in [0.25, 0.3) is 5.69 Å². The third-order valence-electron chi connectivity index (χ3n) is 1.49. The standard InChI is InChI=1S/C8H7N3/c1-4-10-11(7-1)8-2-5-9-6-3-8/h1-7H/p+1. The van der Waals surface area contributed by atoms with Gasteiger partial charge in [0.2, 0.25) is 11.9 Å². The molecule has 3 nitrogen and oxygen atoms in total. The van der Waals surface area contributed by atoms with Crippen LogP contribution >= 0.6 is 0 Å². The summed E-state index contributed by atoms with van der Waals surface area (Å²) in [5, 5.41) is 3.04. The fourth-order valence-electron chi connectivity index (χ4n) is 0.961. The Bertz CT molecular complexity index is 312. The van der Waals surface area contributed by atoms with Gasteiger partial charge in [0.05, 0.1) is 6.20 Å². The number of hydrogen-bond donors (Lipinski definition) is 1. The molecule has 0 spiro atoms. The van der Waals surface area contributed by atoms with E-state index in [9.17, 15) is 0 Å². The van der Waals surface area contributed by atoms with Gasteiger partial charge in [-0.25, -0.2) is 0 Å². The highest BCUT2D eigenvalue weighted by atomic mass is 15.3. The minimum absolute atomic E-state index is 1.09. The first kappa shape index (κ1) is 6.09. The molecule has 0 amide bonds. The van der Waals surface area contributed by atoms with E-state index in [4.69, 9.17) is 0 Å². The number of H-pyrrole nitrogens is 1. The normalized spacial score (nSPS) is 9.82. The molecule has 0 saturated carbocycles. The fraction of sp³-hybridized carbons (Fsp3) is 0. The molecule has 54 valence electrons. The molecule has 2 heterocycles. The molecule has 0 aliphatic carbocycles. The molecule has 0 fully saturated rings. The van der Waals surface area contributed by atoms with Crippen LogP contribution < -0.4 is 4.68 Å². The van der Waals surface area contributed by atoms with E-state index in [1.165, 1.54) is 0 Å². The second kappa shape index (κ2) is 2.54. The molecule has 1 N–H and O–H groups in total. The van der Waals surface area contributed by atoms with E-state index >= 15 is 0 Å². The molecule has 0 aliphatic rings. The Kier molecular flexibility index (Phi) is 1.41. The summed E-state index contributed by atoms with van der Waals surface area (Å²) in [5.41, 5.74) is 1.09. The topological polar surface area (TPSA) is 32.6 Å². The molecule has 2 rings (SSSR count). The summed E-state index contributed by atoms with van der Waals surface area (Å²) in [5.74, 6) is 0. The van der Waals surface area contributed by atoms with Gasteiger partial charge in [0.1, 0.15) is 0 Å². The van der Waals surface area contributed by atoms with E-state index < -0.39 is 0 Å². The van der Waals surface area contributed by atoms with Crippen molar-refractivity contribution in [1.82, 2.24) is 10.1 Å². The van der Waals surface area contributed by atoms with Gasteiger partial charge >= 0.3 is 0 Å². The highest BCUT2D eigenvalue weighted by Gasteiger charge is 2.02. The molecule has 0 bridgehead atoms. The number of nitrogens with zero attached hydrogens (tertiary/aromatic N) is 2. The fourth-order valence-corrected chi connectivity index (χ4v) is 0.961. The molecule has 3 heteroatoms. The van der Waals surface area contributed by atoms with Gasteiger partial charge in [-0.3, -0.25) is 4.98 Å². The smallest absolute Gasteiger partial charge is 0.238 e. The maximum atomic E-state index is 3.93. The van der Waals surface area contributed by atoms with Crippen LogP contribution in [0.15, 0.2) is 43.0 Å². The van der Waals surface area contributed by atoms with Crippen LogP contribution in [0.3, 0.4) is 0 Å². The van der Waals surface area contributed by atoms with Crippen LogP contribution in [0.1, 0.15) is 0 Å². The molecule has 0 aromatic carbocycles. The predicted molar refractivity (Wildman–Crippen MR) is 40.1 cm³/mol. The molecule has 0 saturated heterocycles. The largest absolute Gasteiger partial charge is 0.264 e. The molecule has 0 radical (unpaired) electrons. The minimum atomic E-state index is 1.09. The van der Waals surface area contributed by atoms with Gasteiger partial charge in [-0.05, 0) is 0 Å². The van der Waals surface area contributed by atoms with Crippen LogP contribution in [-0.2, 0) is 0 Å². The van der Waals surface area contributed by atoms with Crippen molar-refractivity contribution in [3.05, 3.63) is 43.0 Å². The maximum absolute atomic E-state index is 3.93. The number of hydrogen-bond acceptors (Lipinski definition) is 1. The Morgan fingerprint density at radius 2 is 2.09 bits per heavy atom. The summed E-state index contributed by atoms with van der Waals surface area (Å²) < 4.78 is 1.92. The molecular formula is C8H8N3+.